The number of rotatable bonds is 4. The van der Waals surface area contributed by atoms with Crippen LogP contribution < -0.4 is 0 Å². The Morgan fingerprint density at radius 3 is 2.91 bits per heavy atom. The fourth-order valence-corrected chi connectivity index (χ4v) is 3.58. The van der Waals surface area contributed by atoms with Crippen LogP contribution in [0.25, 0.3) is 0 Å². The van der Waals surface area contributed by atoms with Crippen molar-refractivity contribution >= 4 is 0 Å². The topological polar surface area (TPSA) is 54.2 Å². The Morgan fingerprint density at radius 2 is 2.17 bits per heavy atom. The van der Waals surface area contributed by atoms with E-state index in [0.29, 0.717) is 5.92 Å². The predicted molar refractivity (Wildman–Crippen MR) is 87.5 cm³/mol. The van der Waals surface area contributed by atoms with Crippen LogP contribution in [0.4, 0.5) is 0 Å². The van der Waals surface area contributed by atoms with Gasteiger partial charge in [-0.15, -0.1) is 0 Å². The first-order chi connectivity index (χ1) is 11.3. The zero-order valence-electron chi connectivity index (χ0n) is 13.4. The van der Waals surface area contributed by atoms with Gasteiger partial charge in [-0.3, -0.25) is 14.6 Å². The fourth-order valence-electron chi connectivity index (χ4n) is 3.58. The minimum absolute atomic E-state index is 0.380. The van der Waals surface area contributed by atoms with Crippen LogP contribution >= 0.6 is 0 Å². The third kappa shape index (κ3) is 3.16. The lowest BCUT2D eigenvalue weighted by Crippen LogP contribution is -2.23. The maximum absolute atomic E-state index is 10.5. The van der Waals surface area contributed by atoms with Crippen molar-refractivity contribution < 1.29 is 5.11 Å². The molecule has 1 fully saturated rings. The van der Waals surface area contributed by atoms with Gasteiger partial charge in [0.15, 0.2) is 0 Å². The van der Waals surface area contributed by atoms with Gasteiger partial charge in [-0.1, -0.05) is 12.5 Å². The van der Waals surface area contributed by atoms with Crippen LogP contribution in [0.15, 0.2) is 30.6 Å². The zero-order valence-corrected chi connectivity index (χ0v) is 13.4. The van der Waals surface area contributed by atoms with Crippen LogP contribution in [0, 0.1) is 5.92 Å². The molecule has 1 saturated carbocycles. The molecule has 2 aromatic heterocycles. The molecule has 5 nitrogen and oxygen atoms in total. The highest BCUT2D eigenvalue weighted by atomic mass is 16.3. The van der Waals surface area contributed by atoms with E-state index in [1.807, 2.05) is 18.5 Å². The summed E-state index contributed by atoms with van der Waals surface area (Å²) < 4.78 is 2.10. The van der Waals surface area contributed by atoms with Crippen LogP contribution in [0.5, 0.6) is 0 Å². The van der Waals surface area contributed by atoms with Crippen LogP contribution in [-0.4, -0.2) is 31.3 Å². The van der Waals surface area contributed by atoms with Crippen molar-refractivity contribution in [1.82, 2.24) is 19.7 Å². The van der Waals surface area contributed by atoms with E-state index in [2.05, 4.69) is 31.8 Å². The van der Waals surface area contributed by atoms with Crippen molar-refractivity contribution in [3.8, 4) is 0 Å². The molecule has 0 saturated heterocycles. The van der Waals surface area contributed by atoms with Crippen molar-refractivity contribution in [2.24, 2.45) is 5.92 Å². The van der Waals surface area contributed by atoms with Crippen molar-refractivity contribution in [3.05, 3.63) is 47.5 Å². The van der Waals surface area contributed by atoms with Crippen LogP contribution in [-0.2, 0) is 19.6 Å². The first-order valence-corrected chi connectivity index (χ1v) is 8.65. The van der Waals surface area contributed by atoms with Crippen LogP contribution in [0.3, 0.4) is 0 Å². The van der Waals surface area contributed by atoms with Crippen molar-refractivity contribution in [2.45, 2.75) is 51.4 Å². The summed E-state index contributed by atoms with van der Waals surface area (Å²) in [7, 11) is 0. The minimum Gasteiger partial charge on any atom is -0.386 e. The Kier molecular flexibility index (Phi) is 4.14. The third-order valence-corrected chi connectivity index (χ3v) is 5.14. The van der Waals surface area contributed by atoms with E-state index < -0.39 is 0 Å². The smallest absolute Gasteiger partial charge is 0.101 e. The lowest BCUT2D eigenvalue weighted by molar-refractivity contribution is 0.0581. The Bertz CT molecular complexity index is 650. The molecule has 2 aliphatic rings. The summed E-state index contributed by atoms with van der Waals surface area (Å²) in [6, 6.07) is 6.23. The number of hydrogen-bond acceptors (Lipinski definition) is 4. The monoisotopic (exact) mass is 312 g/mol. The highest BCUT2D eigenvalue weighted by Gasteiger charge is 2.29. The summed E-state index contributed by atoms with van der Waals surface area (Å²) >= 11 is 0. The molecule has 0 spiro atoms. The normalized spacial score (nSPS) is 20.6. The molecule has 0 unspecified atom stereocenters. The molecule has 0 radical (unpaired) electrons. The number of aryl methyl sites for hydroxylation is 1. The zero-order chi connectivity index (χ0) is 15.6. The van der Waals surface area contributed by atoms with Crippen molar-refractivity contribution in [2.75, 3.05) is 6.54 Å². The number of fused-ring (bicyclic) bond motifs is 1. The second kappa shape index (κ2) is 6.42. The Morgan fingerprint density at radius 1 is 1.26 bits per heavy atom. The lowest BCUT2D eigenvalue weighted by Gasteiger charge is -2.29. The largest absolute Gasteiger partial charge is 0.386 e. The van der Waals surface area contributed by atoms with Gasteiger partial charge in [-0.2, -0.15) is 5.10 Å². The van der Waals surface area contributed by atoms with Gasteiger partial charge < -0.3 is 5.11 Å². The highest BCUT2D eigenvalue weighted by molar-refractivity contribution is 5.16. The molecular weight excluding hydrogens is 288 g/mol. The molecule has 1 atom stereocenters. The summed E-state index contributed by atoms with van der Waals surface area (Å²) in [5.41, 5.74) is 3.34. The third-order valence-electron chi connectivity index (χ3n) is 5.14. The number of pyridine rings is 1. The lowest BCUT2D eigenvalue weighted by atomic mass is 9.80. The molecule has 1 N–H and O–H groups in total. The van der Waals surface area contributed by atoms with Gasteiger partial charge in [0.25, 0.3) is 0 Å². The molecule has 4 rings (SSSR count). The van der Waals surface area contributed by atoms with Gasteiger partial charge in [0.1, 0.15) is 6.10 Å². The minimum atomic E-state index is -0.380. The number of aromatic nitrogens is 3. The van der Waals surface area contributed by atoms with Gasteiger partial charge in [-0.25, -0.2) is 0 Å². The molecule has 2 aromatic rings. The summed E-state index contributed by atoms with van der Waals surface area (Å²) in [6.07, 6.45) is 7.98. The first kappa shape index (κ1) is 14.8. The summed E-state index contributed by atoms with van der Waals surface area (Å²) in [5.74, 6) is 0.417. The molecule has 122 valence electrons. The van der Waals surface area contributed by atoms with Crippen molar-refractivity contribution in [1.29, 1.82) is 0 Å². The highest BCUT2D eigenvalue weighted by Crippen LogP contribution is 2.37. The summed E-state index contributed by atoms with van der Waals surface area (Å²) in [6.45, 7) is 3.81. The van der Waals surface area contributed by atoms with E-state index in [0.717, 1.165) is 51.1 Å². The van der Waals surface area contributed by atoms with Crippen LogP contribution in [0.1, 0.15) is 48.7 Å². The van der Waals surface area contributed by atoms with Gasteiger partial charge in [0.05, 0.1) is 11.4 Å². The van der Waals surface area contributed by atoms with E-state index in [-0.39, 0.29) is 6.10 Å². The summed E-state index contributed by atoms with van der Waals surface area (Å²) in [5, 5.41) is 15.1. The number of hydrogen-bond donors (Lipinski definition) is 1. The Balaban J connectivity index is 1.48. The maximum atomic E-state index is 10.5. The molecule has 0 amide bonds. The van der Waals surface area contributed by atoms with Gasteiger partial charge >= 0.3 is 0 Å². The van der Waals surface area contributed by atoms with Gasteiger partial charge in [0, 0.05) is 38.6 Å². The van der Waals surface area contributed by atoms with E-state index in [1.165, 1.54) is 17.7 Å². The second-order valence-corrected chi connectivity index (χ2v) is 6.84. The molecule has 1 aliphatic heterocycles. The standard InChI is InChI=1S/C18H24N4O/c23-18(15-5-1-6-15)17-10-16-13-21(8-3-9-22(16)20-17)12-14-4-2-7-19-11-14/h2,4,7,10-11,15,18,23H,1,3,5-6,8-9,12-13H2/t18-/m0/s1. The first-order valence-electron chi connectivity index (χ1n) is 8.65. The van der Waals surface area contributed by atoms with Gasteiger partial charge in [-0.05, 0) is 42.9 Å². The van der Waals surface area contributed by atoms with E-state index in [1.54, 1.807) is 0 Å². The molecule has 23 heavy (non-hydrogen) atoms. The Labute approximate surface area is 137 Å². The van der Waals surface area contributed by atoms with E-state index in [9.17, 15) is 5.11 Å². The fraction of sp³-hybridized carbons (Fsp3) is 0.556. The number of aliphatic hydroxyl groups excluding tert-OH is 1. The average molecular weight is 312 g/mol. The maximum Gasteiger partial charge on any atom is 0.101 e. The average Bonchev–Trinajstić information content (AvgIpc) is 2.80. The molecule has 0 bridgehead atoms. The molecule has 1 aliphatic carbocycles. The van der Waals surface area contributed by atoms with Crippen LogP contribution in [0.2, 0.25) is 0 Å². The Hall–Kier alpha value is -1.72. The molecule has 3 heterocycles. The van der Waals surface area contributed by atoms with Crippen molar-refractivity contribution in [3.63, 3.8) is 0 Å². The van der Waals surface area contributed by atoms with Gasteiger partial charge in [0.2, 0.25) is 0 Å². The van der Waals surface area contributed by atoms with E-state index in [4.69, 9.17) is 0 Å². The number of aliphatic hydroxyl groups is 1. The molecule has 0 aromatic carbocycles. The summed E-state index contributed by atoms with van der Waals surface area (Å²) in [4.78, 5) is 6.64. The quantitative estimate of drug-likeness (QED) is 0.942. The second-order valence-electron chi connectivity index (χ2n) is 6.84. The molecular formula is C18H24N4O. The molecule has 5 heteroatoms. The van der Waals surface area contributed by atoms with E-state index >= 15 is 0 Å². The number of nitrogens with zero attached hydrogens (tertiary/aromatic N) is 4. The SMILES string of the molecule is O[C@H](c1cc2n(n1)CCCN(Cc1cccnc1)C2)C1CCC1. The predicted octanol–water partition coefficient (Wildman–Crippen LogP) is 2.52.